The Hall–Kier alpha value is -2.99. The maximum absolute atomic E-state index is 13.3. The predicted molar refractivity (Wildman–Crippen MR) is 106 cm³/mol. The topological polar surface area (TPSA) is 58.2 Å². The van der Waals surface area contributed by atoms with Crippen molar-refractivity contribution in [2.75, 3.05) is 12.4 Å². The summed E-state index contributed by atoms with van der Waals surface area (Å²) in [5.74, 6) is -1.37. The SMILES string of the molecule is CNC(=O)c1ccccc1NC(=O)C(Cc1cccs1)c1ccc(F)cc1. The molecule has 27 heavy (non-hydrogen) atoms. The Labute approximate surface area is 161 Å². The summed E-state index contributed by atoms with van der Waals surface area (Å²) in [5.41, 5.74) is 1.56. The highest BCUT2D eigenvalue weighted by atomic mass is 32.1. The number of rotatable bonds is 6. The van der Waals surface area contributed by atoms with E-state index in [-0.39, 0.29) is 17.6 Å². The number of nitrogens with one attached hydrogen (secondary N) is 2. The molecule has 0 aliphatic rings. The fraction of sp³-hybridized carbons (Fsp3) is 0.143. The van der Waals surface area contributed by atoms with Crippen LogP contribution in [0.1, 0.15) is 26.7 Å². The molecule has 2 amide bonds. The van der Waals surface area contributed by atoms with Crippen LogP contribution in [0.5, 0.6) is 0 Å². The summed E-state index contributed by atoms with van der Waals surface area (Å²) < 4.78 is 13.3. The monoisotopic (exact) mass is 382 g/mol. The zero-order valence-corrected chi connectivity index (χ0v) is 15.6. The largest absolute Gasteiger partial charge is 0.355 e. The summed E-state index contributed by atoms with van der Waals surface area (Å²) >= 11 is 1.57. The van der Waals surface area contributed by atoms with Gasteiger partial charge in [0.05, 0.1) is 17.2 Å². The Morgan fingerprint density at radius 1 is 1.04 bits per heavy atom. The first-order valence-electron chi connectivity index (χ1n) is 8.48. The minimum absolute atomic E-state index is 0.244. The van der Waals surface area contributed by atoms with E-state index in [9.17, 15) is 14.0 Å². The van der Waals surface area contributed by atoms with E-state index in [2.05, 4.69) is 10.6 Å². The fourth-order valence-corrected chi connectivity index (χ4v) is 3.58. The molecule has 0 saturated heterocycles. The first kappa shape index (κ1) is 18.8. The molecule has 1 atom stereocenters. The van der Waals surface area contributed by atoms with E-state index in [4.69, 9.17) is 0 Å². The van der Waals surface area contributed by atoms with E-state index in [0.29, 0.717) is 17.7 Å². The molecule has 0 radical (unpaired) electrons. The summed E-state index contributed by atoms with van der Waals surface area (Å²) in [6.45, 7) is 0. The summed E-state index contributed by atoms with van der Waals surface area (Å²) in [5, 5.41) is 7.38. The molecule has 2 N–H and O–H groups in total. The standard InChI is InChI=1S/C21H19FN2O2S/c1-23-20(25)17-6-2-3-7-19(17)24-21(26)18(13-16-5-4-12-27-16)14-8-10-15(22)11-9-14/h2-12,18H,13H2,1H3,(H,23,25)(H,24,26). The highest BCUT2D eigenvalue weighted by molar-refractivity contribution is 7.09. The molecule has 2 aromatic carbocycles. The molecule has 1 unspecified atom stereocenters. The smallest absolute Gasteiger partial charge is 0.253 e. The van der Waals surface area contributed by atoms with E-state index < -0.39 is 5.92 Å². The molecular weight excluding hydrogens is 363 g/mol. The maximum atomic E-state index is 13.3. The van der Waals surface area contributed by atoms with Gasteiger partial charge in [-0.3, -0.25) is 9.59 Å². The van der Waals surface area contributed by atoms with Crippen molar-refractivity contribution in [1.29, 1.82) is 0 Å². The van der Waals surface area contributed by atoms with Crippen LogP contribution in [-0.4, -0.2) is 18.9 Å². The van der Waals surface area contributed by atoms with Gasteiger partial charge in [0.1, 0.15) is 5.82 Å². The van der Waals surface area contributed by atoms with Gasteiger partial charge in [0.2, 0.25) is 5.91 Å². The zero-order valence-electron chi connectivity index (χ0n) is 14.7. The van der Waals surface area contributed by atoms with E-state index in [0.717, 1.165) is 10.4 Å². The van der Waals surface area contributed by atoms with Crippen molar-refractivity contribution in [2.45, 2.75) is 12.3 Å². The molecule has 0 fully saturated rings. The summed E-state index contributed by atoms with van der Waals surface area (Å²) in [7, 11) is 1.54. The molecule has 6 heteroatoms. The lowest BCUT2D eigenvalue weighted by atomic mass is 9.93. The molecular formula is C21H19FN2O2S. The van der Waals surface area contributed by atoms with Crippen LogP contribution >= 0.6 is 11.3 Å². The van der Waals surface area contributed by atoms with E-state index in [1.807, 2.05) is 17.5 Å². The summed E-state index contributed by atoms with van der Waals surface area (Å²) in [6.07, 6.45) is 0.497. The maximum Gasteiger partial charge on any atom is 0.253 e. The van der Waals surface area contributed by atoms with Crippen molar-refractivity contribution in [1.82, 2.24) is 5.32 Å². The number of thiophene rings is 1. The van der Waals surface area contributed by atoms with Crippen LogP contribution in [0, 0.1) is 5.82 Å². The molecule has 1 heterocycles. The van der Waals surface area contributed by atoms with Crippen LogP contribution in [0.4, 0.5) is 10.1 Å². The quantitative estimate of drug-likeness (QED) is 0.671. The van der Waals surface area contributed by atoms with Crippen molar-refractivity contribution in [3.8, 4) is 0 Å². The van der Waals surface area contributed by atoms with Gasteiger partial charge in [0.25, 0.3) is 5.91 Å². The summed E-state index contributed by atoms with van der Waals surface area (Å²) in [6, 6.07) is 16.7. The number of hydrogen-bond donors (Lipinski definition) is 2. The molecule has 4 nitrogen and oxygen atoms in total. The average molecular weight is 382 g/mol. The van der Waals surface area contributed by atoms with Gasteiger partial charge in [0.15, 0.2) is 0 Å². The van der Waals surface area contributed by atoms with Crippen LogP contribution in [0.25, 0.3) is 0 Å². The molecule has 1 aromatic heterocycles. The number of carbonyl (C=O) groups excluding carboxylic acids is 2. The third-order valence-corrected chi connectivity index (χ3v) is 5.13. The fourth-order valence-electron chi connectivity index (χ4n) is 2.83. The molecule has 0 bridgehead atoms. The average Bonchev–Trinajstić information content (AvgIpc) is 3.20. The number of halogens is 1. The minimum Gasteiger partial charge on any atom is -0.355 e. The number of para-hydroxylation sites is 1. The predicted octanol–water partition coefficient (Wildman–Crippen LogP) is 4.21. The Bertz CT molecular complexity index is 924. The van der Waals surface area contributed by atoms with Crippen molar-refractivity contribution in [3.63, 3.8) is 0 Å². The molecule has 3 aromatic rings. The second kappa shape index (κ2) is 8.60. The van der Waals surface area contributed by atoms with E-state index in [1.165, 1.54) is 12.1 Å². The van der Waals surface area contributed by atoms with Crippen molar-refractivity contribution >= 4 is 28.8 Å². The molecule has 3 rings (SSSR count). The molecule has 0 saturated carbocycles. The zero-order chi connectivity index (χ0) is 19.2. The highest BCUT2D eigenvalue weighted by Crippen LogP contribution is 2.26. The second-order valence-electron chi connectivity index (χ2n) is 6.00. The Morgan fingerprint density at radius 3 is 2.44 bits per heavy atom. The van der Waals surface area contributed by atoms with Crippen LogP contribution in [0.2, 0.25) is 0 Å². The van der Waals surface area contributed by atoms with Crippen molar-refractivity contribution in [3.05, 3.63) is 87.9 Å². The third-order valence-electron chi connectivity index (χ3n) is 4.23. The van der Waals surface area contributed by atoms with Crippen LogP contribution in [0.15, 0.2) is 66.0 Å². The molecule has 0 aliphatic heterocycles. The number of benzene rings is 2. The van der Waals surface area contributed by atoms with Crippen molar-refractivity contribution in [2.24, 2.45) is 0 Å². The van der Waals surface area contributed by atoms with Gasteiger partial charge in [-0.25, -0.2) is 4.39 Å². The number of anilines is 1. The molecule has 138 valence electrons. The number of amides is 2. The first-order valence-corrected chi connectivity index (χ1v) is 9.36. The van der Waals surface area contributed by atoms with Crippen LogP contribution < -0.4 is 10.6 Å². The highest BCUT2D eigenvalue weighted by Gasteiger charge is 2.23. The van der Waals surface area contributed by atoms with E-state index in [1.54, 1.807) is 54.8 Å². The lowest BCUT2D eigenvalue weighted by Gasteiger charge is -2.18. The lowest BCUT2D eigenvalue weighted by molar-refractivity contribution is -0.117. The van der Waals surface area contributed by atoms with Crippen LogP contribution in [-0.2, 0) is 11.2 Å². The van der Waals surface area contributed by atoms with Gasteiger partial charge in [-0.05, 0) is 47.7 Å². The normalized spacial score (nSPS) is 11.6. The van der Waals surface area contributed by atoms with Gasteiger partial charge in [-0.2, -0.15) is 0 Å². The van der Waals surface area contributed by atoms with Crippen molar-refractivity contribution < 1.29 is 14.0 Å². The van der Waals surface area contributed by atoms with Gasteiger partial charge in [0, 0.05) is 11.9 Å². The van der Waals surface area contributed by atoms with Gasteiger partial charge in [-0.1, -0.05) is 30.3 Å². The number of hydrogen-bond acceptors (Lipinski definition) is 3. The molecule has 0 aliphatic carbocycles. The first-order chi connectivity index (χ1) is 13.1. The summed E-state index contributed by atoms with van der Waals surface area (Å²) in [4.78, 5) is 26.2. The minimum atomic E-state index is -0.498. The molecule has 0 spiro atoms. The third kappa shape index (κ3) is 4.60. The van der Waals surface area contributed by atoms with E-state index >= 15 is 0 Å². The number of carbonyl (C=O) groups is 2. The Balaban J connectivity index is 1.89. The Morgan fingerprint density at radius 2 is 1.78 bits per heavy atom. The van der Waals surface area contributed by atoms with Gasteiger partial charge < -0.3 is 10.6 Å². The second-order valence-corrected chi connectivity index (χ2v) is 7.03. The Kier molecular flexibility index (Phi) is 5.98. The van der Waals surface area contributed by atoms with Crippen LogP contribution in [0.3, 0.4) is 0 Å². The van der Waals surface area contributed by atoms with Gasteiger partial charge in [-0.15, -0.1) is 11.3 Å². The van der Waals surface area contributed by atoms with Gasteiger partial charge >= 0.3 is 0 Å². The lowest BCUT2D eigenvalue weighted by Crippen LogP contribution is -2.25.